The zero-order valence-electron chi connectivity index (χ0n) is 14.6. The highest BCUT2D eigenvalue weighted by Crippen LogP contribution is 2.23. The van der Waals surface area contributed by atoms with Gasteiger partial charge in [0.2, 0.25) is 0 Å². The molecule has 0 unspecified atom stereocenters. The lowest BCUT2D eigenvalue weighted by Gasteiger charge is -2.05. The number of aromatic nitrogens is 2. The molecule has 1 N–H and O–H groups in total. The number of para-hydroxylation sites is 2. The lowest BCUT2D eigenvalue weighted by Crippen LogP contribution is -2.20. The third-order valence-corrected chi connectivity index (χ3v) is 5.37. The number of amides is 1. The van der Waals surface area contributed by atoms with Gasteiger partial charge in [0.05, 0.1) is 23.0 Å². The minimum absolute atomic E-state index is 0.159. The van der Waals surface area contributed by atoms with Crippen molar-refractivity contribution in [3.63, 3.8) is 0 Å². The van der Waals surface area contributed by atoms with Crippen molar-refractivity contribution in [2.75, 3.05) is 5.75 Å². The fourth-order valence-electron chi connectivity index (χ4n) is 2.56. The van der Waals surface area contributed by atoms with Gasteiger partial charge in [-0.15, -0.1) is 0 Å². The second-order valence-corrected chi connectivity index (χ2v) is 7.57. The van der Waals surface area contributed by atoms with Crippen molar-refractivity contribution in [2.45, 2.75) is 25.5 Å². The van der Waals surface area contributed by atoms with E-state index in [0.29, 0.717) is 0 Å². The smallest absolute Gasteiger partial charge is 0.250 e. The van der Waals surface area contributed by atoms with Crippen LogP contribution in [0.3, 0.4) is 0 Å². The highest BCUT2D eigenvalue weighted by Gasteiger charge is 2.11. The van der Waals surface area contributed by atoms with Crippen LogP contribution in [0.1, 0.15) is 18.1 Å². The third kappa shape index (κ3) is 4.34. The zero-order valence-corrected chi connectivity index (χ0v) is 17.0. The molecule has 0 fully saturated rings. The average Bonchev–Trinajstić information content (AvgIpc) is 3.00. The van der Waals surface area contributed by atoms with Crippen LogP contribution in [-0.2, 0) is 11.3 Å². The number of benzene rings is 2. The summed E-state index contributed by atoms with van der Waals surface area (Å²) in [6.45, 7) is 4.88. The Bertz CT molecular complexity index is 967. The SMILES string of the molecule is CCn1c(SCC(=O)N/N=C\c2cc(Br)ccc2C)nc2ccccc21. The minimum atomic E-state index is -0.159. The molecule has 0 saturated heterocycles. The number of imidazole rings is 1. The Morgan fingerprint density at radius 3 is 2.96 bits per heavy atom. The molecule has 1 aromatic heterocycles. The molecule has 0 radical (unpaired) electrons. The normalized spacial score (nSPS) is 11.3. The van der Waals surface area contributed by atoms with Crippen molar-refractivity contribution in [1.82, 2.24) is 15.0 Å². The molecule has 3 aromatic rings. The number of hydrogen-bond acceptors (Lipinski definition) is 4. The van der Waals surface area contributed by atoms with Crippen molar-refractivity contribution in [2.24, 2.45) is 5.10 Å². The van der Waals surface area contributed by atoms with E-state index in [0.717, 1.165) is 38.3 Å². The van der Waals surface area contributed by atoms with Gasteiger partial charge in [-0.3, -0.25) is 4.79 Å². The Hall–Kier alpha value is -2.12. The summed E-state index contributed by atoms with van der Waals surface area (Å²) in [5.41, 5.74) is 6.66. The number of nitrogens with one attached hydrogen (secondary N) is 1. The van der Waals surface area contributed by atoms with E-state index in [2.05, 4.69) is 42.9 Å². The number of fused-ring (bicyclic) bond motifs is 1. The Balaban J connectivity index is 1.61. The van der Waals surface area contributed by atoms with Crippen LogP contribution in [0.4, 0.5) is 0 Å². The lowest BCUT2D eigenvalue weighted by atomic mass is 10.1. The van der Waals surface area contributed by atoms with Gasteiger partial charge in [0.15, 0.2) is 5.16 Å². The quantitative estimate of drug-likeness (QED) is 0.358. The van der Waals surface area contributed by atoms with E-state index in [4.69, 9.17) is 0 Å². The van der Waals surface area contributed by atoms with Crippen LogP contribution < -0.4 is 5.43 Å². The number of hydrazone groups is 1. The summed E-state index contributed by atoms with van der Waals surface area (Å²) in [6.07, 6.45) is 1.66. The molecule has 7 heteroatoms. The van der Waals surface area contributed by atoms with E-state index in [1.807, 2.05) is 49.4 Å². The number of carbonyl (C=O) groups is 1. The van der Waals surface area contributed by atoms with Gasteiger partial charge in [0, 0.05) is 11.0 Å². The van der Waals surface area contributed by atoms with Gasteiger partial charge in [-0.25, -0.2) is 10.4 Å². The van der Waals surface area contributed by atoms with Gasteiger partial charge in [0.25, 0.3) is 5.91 Å². The monoisotopic (exact) mass is 430 g/mol. The maximum absolute atomic E-state index is 12.1. The summed E-state index contributed by atoms with van der Waals surface area (Å²) in [4.78, 5) is 16.7. The Labute approximate surface area is 165 Å². The number of halogens is 1. The molecule has 0 aliphatic carbocycles. The largest absolute Gasteiger partial charge is 0.319 e. The first-order valence-electron chi connectivity index (χ1n) is 8.24. The topological polar surface area (TPSA) is 59.3 Å². The standard InChI is InChI=1S/C19H19BrN4OS/c1-3-24-17-7-5-4-6-16(17)22-19(24)26-12-18(25)23-21-11-14-10-15(20)9-8-13(14)2/h4-11H,3,12H2,1-2H3,(H,23,25)/b21-11-. The first-order valence-corrected chi connectivity index (χ1v) is 10.0. The van der Waals surface area contributed by atoms with E-state index in [1.165, 1.54) is 11.8 Å². The Morgan fingerprint density at radius 2 is 2.15 bits per heavy atom. The maximum Gasteiger partial charge on any atom is 0.250 e. The molecule has 0 atom stereocenters. The molecule has 0 bridgehead atoms. The highest BCUT2D eigenvalue weighted by molar-refractivity contribution is 9.10. The summed E-state index contributed by atoms with van der Waals surface area (Å²) in [7, 11) is 0. The number of rotatable bonds is 6. The summed E-state index contributed by atoms with van der Waals surface area (Å²) in [6, 6.07) is 13.9. The molecule has 26 heavy (non-hydrogen) atoms. The van der Waals surface area contributed by atoms with Crippen LogP contribution >= 0.6 is 27.7 Å². The first kappa shape index (κ1) is 18.7. The van der Waals surface area contributed by atoms with Crippen molar-refractivity contribution < 1.29 is 4.79 Å². The average molecular weight is 431 g/mol. The number of aryl methyl sites for hydroxylation is 2. The molecule has 0 saturated carbocycles. The van der Waals surface area contributed by atoms with E-state index < -0.39 is 0 Å². The van der Waals surface area contributed by atoms with E-state index in [-0.39, 0.29) is 11.7 Å². The molecule has 0 aliphatic rings. The van der Waals surface area contributed by atoms with Crippen LogP contribution in [0.2, 0.25) is 0 Å². The predicted octanol–water partition coefficient (Wildman–Crippen LogP) is 4.37. The van der Waals surface area contributed by atoms with Crippen LogP contribution in [-0.4, -0.2) is 27.4 Å². The zero-order chi connectivity index (χ0) is 18.5. The molecule has 2 aromatic carbocycles. The number of nitrogens with zero attached hydrogens (tertiary/aromatic N) is 3. The van der Waals surface area contributed by atoms with Gasteiger partial charge >= 0.3 is 0 Å². The minimum Gasteiger partial charge on any atom is -0.319 e. The molecule has 0 spiro atoms. The molecule has 5 nitrogen and oxygen atoms in total. The Kier molecular flexibility index (Phi) is 6.11. The van der Waals surface area contributed by atoms with Crippen molar-refractivity contribution in [3.05, 3.63) is 58.1 Å². The van der Waals surface area contributed by atoms with Gasteiger partial charge in [-0.05, 0) is 49.2 Å². The van der Waals surface area contributed by atoms with Gasteiger partial charge in [0.1, 0.15) is 0 Å². The molecule has 0 aliphatic heterocycles. The second-order valence-electron chi connectivity index (χ2n) is 5.71. The van der Waals surface area contributed by atoms with Crippen LogP contribution in [0, 0.1) is 6.92 Å². The summed E-state index contributed by atoms with van der Waals surface area (Å²) >= 11 is 4.85. The first-order chi connectivity index (χ1) is 12.6. The molecule has 1 amide bonds. The molecule has 1 heterocycles. The molecular formula is C19H19BrN4OS. The fourth-order valence-corrected chi connectivity index (χ4v) is 3.81. The number of thioether (sulfide) groups is 1. The number of carbonyl (C=O) groups excluding carboxylic acids is 1. The second kappa shape index (κ2) is 8.51. The molecule has 134 valence electrons. The maximum atomic E-state index is 12.1. The summed E-state index contributed by atoms with van der Waals surface area (Å²) in [5, 5.41) is 4.90. The van der Waals surface area contributed by atoms with E-state index in [9.17, 15) is 4.79 Å². The number of hydrogen-bond donors (Lipinski definition) is 1. The Morgan fingerprint density at radius 1 is 1.35 bits per heavy atom. The van der Waals surface area contributed by atoms with Crippen molar-refractivity contribution in [1.29, 1.82) is 0 Å². The summed E-state index contributed by atoms with van der Waals surface area (Å²) in [5.74, 6) is 0.103. The van der Waals surface area contributed by atoms with Crippen molar-refractivity contribution >= 4 is 50.8 Å². The van der Waals surface area contributed by atoms with Gasteiger partial charge in [-0.2, -0.15) is 5.10 Å². The van der Waals surface area contributed by atoms with Gasteiger partial charge in [-0.1, -0.05) is 45.9 Å². The predicted molar refractivity (Wildman–Crippen MR) is 111 cm³/mol. The lowest BCUT2D eigenvalue weighted by molar-refractivity contribution is -0.118. The summed E-state index contributed by atoms with van der Waals surface area (Å²) < 4.78 is 3.09. The van der Waals surface area contributed by atoms with E-state index >= 15 is 0 Å². The third-order valence-electron chi connectivity index (χ3n) is 3.90. The van der Waals surface area contributed by atoms with Crippen molar-refractivity contribution in [3.8, 4) is 0 Å². The van der Waals surface area contributed by atoms with Crippen LogP contribution in [0.5, 0.6) is 0 Å². The molecular weight excluding hydrogens is 412 g/mol. The van der Waals surface area contributed by atoms with E-state index in [1.54, 1.807) is 6.21 Å². The fraction of sp³-hybridized carbons (Fsp3) is 0.211. The molecule has 3 rings (SSSR count). The highest BCUT2D eigenvalue weighted by atomic mass is 79.9. The van der Waals surface area contributed by atoms with Crippen LogP contribution in [0.25, 0.3) is 11.0 Å². The van der Waals surface area contributed by atoms with Gasteiger partial charge < -0.3 is 4.57 Å². The van der Waals surface area contributed by atoms with Crippen LogP contribution in [0.15, 0.2) is 57.2 Å².